The summed E-state index contributed by atoms with van der Waals surface area (Å²) in [5.74, 6) is 0.0502. The number of anilines is 2. The van der Waals surface area contributed by atoms with E-state index in [2.05, 4.69) is 29.5 Å². The first-order valence-corrected chi connectivity index (χ1v) is 10.3. The molecule has 8 heteroatoms. The van der Waals surface area contributed by atoms with Gasteiger partial charge in [-0.15, -0.1) is 24.2 Å². The van der Waals surface area contributed by atoms with Gasteiger partial charge >= 0.3 is 0 Å². The van der Waals surface area contributed by atoms with Gasteiger partial charge in [0.05, 0.1) is 17.6 Å². The van der Waals surface area contributed by atoms with Crippen molar-refractivity contribution >= 4 is 41.2 Å². The summed E-state index contributed by atoms with van der Waals surface area (Å²) in [6.45, 7) is 6.38. The topological polar surface area (TPSA) is 54.2 Å². The smallest absolute Gasteiger partial charge is 0.177 e. The SMILES string of the molecule is CC(C)c1cnc2c(Nc3cccc(F)c3)cc(SC3CCNCC3)nn12.Cl. The van der Waals surface area contributed by atoms with E-state index < -0.39 is 0 Å². The molecule has 0 radical (unpaired) electrons. The molecular weight excluding hydrogens is 397 g/mol. The largest absolute Gasteiger partial charge is 0.352 e. The minimum Gasteiger partial charge on any atom is -0.352 e. The van der Waals surface area contributed by atoms with E-state index in [9.17, 15) is 4.39 Å². The maximum Gasteiger partial charge on any atom is 0.177 e. The Hall–Kier alpha value is -1.83. The molecule has 0 amide bonds. The first-order valence-electron chi connectivity index (χ1n) is 9.39. The number of nitrogens with one attached hydrogen (secondary N) is 2. The molecule has 1 fully saturated rings. The number of hydrogen-bond donors (Lipinski definition) is 2. The molecule has 28 heavy (non-hydrogen) atoms. The molecule has 1 aliphatic rings. The summed E-state index contributed by atoms with van der Waals surface area (Å²) >= 11 is 1.82. The molecule has 150 valence electrons. The van der Waals surface area contributed by atoms with Crippen molar-refractivity contribution in [1.29, 1.82) is 0 Å². The van der Waals surface area contributed by atoms with Crippen LogP contribution in [0.1, 0.15) is 38.3 Å². The molecule has 0 unspecified atom stereocenters. The van der Waals surface area contributed by atoms with Crippen molar-refractivity contribution in [3.05, 3.63) is 48.0 Å². The number of halogens is 2. The van der Waals surface area contributed by atoms with E-state index >= 15 is 0 Å². The van der Waals surface area contributed by atoms with Gasteiger partial charge in [0, 0.05) is 10.9 Å². The molecule has 3 aromatic rings. The van der Waals surface area contributed by atoms with Crippen molar-refractivity contribution in [3.63, 3.8) is 0 Å². The Bertz CT molecular complexity index is 939. The fourth-order valence-corrected chi connectivity index (χ4v) is 4.44. The molecule has 5 nitrogen and oxygen atoms in total. The number of nitrogens with zero attached hydrogens (tertiary/aromatic N) is 3. The maximum absolute atomic E-state index is 13.6. The predicted molar refractivity (Wildman–Crippen MR) is 116 cm³/mol. The summed E-state index contributed by atoms with van der Waals surface area (Å²) in [4.78, 5) is 4.57. The fourth-order valence-electron chi connectivity index (χ4n) is 3.31. The van der Waals surface area contributed by atoms with Crippen molar-refractivity contribution in [3.8, 4) is 0 Å². The van der Waals surface area contributed by atoms with Crippen LogP contribution in [0, 0.1) is 5.82 Å². The Balaban J connectivity index is 0.00000225. The summed E-state index contributed by atoms with van der Waals surface area (Å²) < 4.78 is 15.5. The molecule has 1 aromatic carbocycles. The molecule has 0 bridgehead atoms. The second-order valence-electron chi connectivity index (χ2n) is 7.17. The van der Waals surface area contributed by atoms with Crippen molar-refractivity contribution in [2.75, 3.05) is 18.4 Å². The summed E-state index contributed by atoms with van der Waals surface area (Å²) in [5, 5.41) is 13.1. The van der Waals surface area contributed by atoms with Crippen LogP contribution in [0.15, 0.2) is 41.6 Å². The summed E-state index contributed by atoms with van der Waals surface area (Å²) in [7, 11) is 0. The third kappa shape index (κ3) is 4.59. The Labute approximate surface area is 174 Å². The third-order valence-electron chi connectivity index (χ3n) is 4.74. The molecule has 4 rings (SSSR count). The zero-order valence-electron chi connectivity index (χ0n) is 16.0. The monoisotopic (exact) mass is 421 g/mol. The summed E-state index contributed by atoms with van der Waals surface area (Å²) in [6.07, 6.45) is 4.15. The van der Waals surface area contributed by atoms with Gasteiger partial charge in [-0.3, -0.25) is 0 Å². The van der Waals surface area contributed by atoms with Gasteiger partial charge in [0.1, 0.15) is 10.8 Å². The van der Waals surface area contributed by atoms with Gasteiger partial charge in [-0.05, 0) is 56.1 Å². The molecule has 0 spiro atoms. The molecule has 1 saturated heterocycles. The van der Waals surface area contributed by atoms with Gasteiger partial charge < -0.3 is 10.6 Å². The Morgan fingerprint density at radius 3 is 2.75 bits per heavy atom. The fraction of sp³-hybridized carbons (Fsp3) is 0.400. The highest BCUT2D eigenvalue weighted by atomic mass is 35.5. The van der Waals surface area contributed by atoms with Crippen LogP contribution in [0.3, 0.4) is 0 Å². The number of hydrogen-bond acceptors (Lipinski definition) is 5. The molecule has 0 aliphatic carbocycles. The quantitative estimate of drug-likeness (QED) is 0.607. The standard InChI is InChI=1S/C20H24FN5S.ClH/c1-13(2)18-12-23-20-17(24-15-5-3-4-14(21)10-15)11-19(25-26(18)20)27-16-6-8-22-9-7-16;/h3-5,10-13,16,22,24H,6-9H2,1-2H3;1H. The van der Waals surface area contributed by atoms with E-state index in [0.717, 1.165) is 48.0 Å². The second-order valence-corrected chi connectivity index (χ2v) is 8.49. The highest BCUT2D eigenvalue weighted by Crippen LogP contribution is 2.32. The number of imidazole rings is 1. The van der Waals surface area contributed by atoms with Gasteiger partial charge in [-0.2, -0.15) is 5.10 Å². The molecular formula is C20H25ClFN5S. The first kappa shape index (κ1) is 20.9. The van der Waals surface area contributed by atoms with Crippen LogP contribution >= 0.6 is 24.2 Å². The van der Waals surface area contributed by atoms with Gasteiger partial charge in [0.25, 0.3) is 0 Å². The lowest BCUT2D eigenvalue weighted by Gasteiger charge is -2.22. The van der Waals surface area contributed by atoms with E-state index in [1.807, 2.05) is 34.6 Å². The second kappa shape index (κ2) is 9.11. The van der Waals surface area contributed by atoms with Crippen molar-refractivity contribution in [1.82, 2.24) is 19.9 Å². The Morgan fingerprint density at radius 2 is 2.04 bits per heavy atom. The van der Waals surface area contributed by atoms with E-state index in [0.29, 0.717) is 16.9 Å². The summed E-state index contributed by atoms with van der Waals surface area (Å²) in [6, 6.07) is 8.52. The average Bonchev–Trinajstić information content (AvgIpc) is 3.07. The van der Waals surface area contributed by atoms with Crippen LogP contribution in [0.4, 0.5) is 15.8 Å². The van der Waals surface area contributed by atoms with Gasteiger partial charge in [-0.1, -0.05) is 19.9 Å². The van der Waals surface area contributed by atoms with Crippen LogP contribution in [-0.4, -0.2) is 32.9 Å². The van der Waals surface area contributed by atoms with Crippen LogP contribution in [-0.2, 0) is 0 Å². The highest BCUT2D eigenvalue weighted by Gasteiger charge is 2.19. The number of thioether (sulfide) groups is 1. The predicted octanol–water partition coefficient (Wildman–Crippen LogP) is 5.00. The maximum atomic E-state index is 13.6. The molecule has 2 aromatic heterocycles. The van der Waals surface area contributed by atoms with Crippen molar-refractivity contribution in [2.45, 2.75) is 42.9 Å². The van der Waals surface area contributed by atoms with E-state index in [-0.39, 0.29) is 18.2 Å². The number of rotatable bonds is 5. The number of aromatic nitrogens is 3. The lowest BCUT2D eigenvalue weighted by Crippen LogP contribution is -2.29. The molecule has 0 saturated carbocycles. The van der Waals surface area contributed by atoms with Crippen molar-refractivity contribution in [2.24, 2.45) is 0 Å². The van der Waals surface area contributed by atoms with Crippen LogP contribution in [0.2, 0.25) is 0 Å². The molecule has 2 N–H and O–H groups in total. The minimum atomic E-state index is -0.263. The normalized spacial score (nSPS) is 15.0. The number of fused-ring (bicyclic) bond motifs is 1. The highest BCUT2D eigenvalue weighted by molar-refractivity contribution is 7.99. The Kier molecular flexibility index (Phi) is 6.80. The summed E-state index contributed by atoms with van der Waals surface area (Å²) in [5.41, 5.74) is 3.38. The molecule has 0 atom stereocenters. The van der Waals surface area contributed by atoms with Crippen molar-refractivity contribution < 1.29 is 4.39 Å². The van der Waals surface area contributed by atoms with Crippen LogP contribution in [0.5, 0.6) is 0 Å². The Morgan fingerprint density at radius 1 is 1.25 bits per heavy atom. The average molecular weight is 422 g/mol. The molecule has 1 aliphatic heterocycles. The lowest BCUT2D eigenvalue weighted by molar-refractivity contribution is 0.531. The van der Waals surface area contributed by atoms with E-state index in [1.54, 1.807) is 6.07 Å². The first-order chi connectivity index (χ1) is 13.1. The van der Waals surface area contributed by atoms with E-state index in [4.69, 9.17) is 5.10 Å². The van der Waals surface area contributed by atoms with E-state index in [1.165, 1.54) is 12.1 Å². The van der Waals surface area contributed by atoms with Gasteiger partial charge in [0.15, 0.2) is 5.65 Å². The minimum absolute atomic E-state index is 0. The van der Waals surface area contributed by atoms with Gasteiger partial charge in [0.2, 0.25) is 0 Å². The zero-order valence-corrected chi connectivity index (χ0v) is 17.6. The van der Waals surface area contributed by atoms with Crippen LogP contribution < -0.4 is 10.6 Å². The zero-order chi connectivity index (χ0) is 18.8. The molecule has 3 heterocycles. The number of piperidine rings is 1. The third-order valence-corrected chi connectivity index (χ3v) is 5.99. The van der Waals surface area contributed by atoms with Crippen LogP contribution in [0.25, 0.3) is 5.65 Å². The van der Waals surface area contributed by atoms with Gasteiger partial charge in [-0.25, -0.2) is 13.9 Å². The number of benzene rings is 1. The lowest BCUT2D eigenvalue weighted by atomic mass is 10.2.